The van der Waals surface area contributed by atoms with E-state index in [0.29, 0.717) is 0 Å². The molecule has 0 bridgehead atoms. The molecule has 5 heteroatoms. The van der Waals surface area contributed by atoms with Gasteiger partial charge in [0.05, 0.1) is 6.10 Å². The minimum Gasteiger partial charge on any atom is -0.508 e. The van der Waals surface area contributed by atoms with Crippen molar-refractivity contribution in [3.8, 4) is 11.5 Å². The van der Waals surface area contributed by atoms with Crippen molar-refractivity contribution in [2.24, 2.45) is 0 Å². The van der Waals surface area contributed by atoms with Gasteiger partial charge >= 0.3 is 0 Å². The number of aromatic hydroxyl groups is 2. The van der Waals surface area contributed by atoms with Crippen LogP contribution in [0.2, 0.25) is 0 Å². The maximum atomic E-state index is 9.99. The lowest BCUT2D eigenvalue weighted by Gasteiger charge is -2.10. The molecule has 2 rings (SSSR count). The Morgan fingerprint density at radius 2 is 1.05 bits per heavy atom. The Hall–Kier alpha value is -1.30. The fourth-order valence-corrected chi connectivity index (χ4v) is 3.76. The van der Waals surface area contributed by atoms with E-state index in [1.807, 2.05) is 24.3 Å². The highest BCUT2D eigenvalue weighted by Crippen LogP contribution is 2.24. The van der Waals surface area contributed by atoms with E-state index in [1.54, 1.807) is 47.8 Å². The molecule has 0 fully saturated rings. The highest BCUT2D eigenvalue weighted by Gasteiger charge is 2.05. The molecule has 2 aromatic carbocycles. The molecule has 0 aromatic heterocycles. The topological polar surface area (TPSA) is 60.7 Å². The van der Waals surface area contributed by atoms with Crippen molar-refractivity contribution in [2.75, 3.05) is 11.5 Å². The number of phenols is 2. The lowest BCUT2D eigenvalue weighted by Crippen LogP contribution is -2.08. The van der Waals surface area contributed by atoms with Crippen LogP contribution >= 0.6 is 23.5 Å². The standard InChI is InChI=1S/C17H20O3S2/c18-13-1-5-16(6-2-13)21-11-9-15(20)10-12-22-17-7-3-14(19)4-8-17/h1-8,15,18-20H,9-12H2. The monoisotopic (exact) mass is 336 g/mol. The third-order valence-electron chi connectivity index (χ3n) is 3.11. The van der Waals surface area contributed by atoms with Crippen LogP contribution in [0.5, 0.6) is 11.5 Å². The number of aliphatic hydroxyl groups is 1. The van der Waals surface area contributed by atoms with Gasteiger partial charge in [-0.3, -0.25) is 0 Å². The molecule has 0 unspecified atom stereocenters. The van der Waals surface area contributed by atoms with E-state index >= 15 is 0 Å². The maximum Gasteiger partial charge on any atom is 0.115 e. The van der Waals surface area contributed by atoms with Gasteiger partial charge < -0.3 is 15.3 Å². The maximum absolute atomic E-state index is 9.99. The summed E-state index contributed by atoms with van der Waals surface area (Å²) in [6.07, 6.45) is 1.21. The summed E-state index contributed by atoms with van der Waals surface area (Å²) >= 11 is 3.37. The largest absolute Gasteiger partial charge is 0.508 e. The van der Waals surface area contributed by atoms with Crippen molar-refractivity contribution in [3.63, 3.8) is 0 Å². The van der Waals surface area contributed by atoms with Crippen molar-refractivity contribution in [1.29, 1.82) is 0 Å². The van der Waals surface area contributed by atoms with Crippen LogP contribution in [-0.4, -0.2) is 32.9 Å². The second-order valence-electron chi connectivity index (χ2n) is 4.92. The molecule has 0 spiro atoms. The second kappa shape index (κ2) is 8.98. The van der Waals surface area contributed by atoms with Gasteiger partial charge in [-0.1, -0.05) is 0 Å². The Morgan fingerprint density at radius 3 is 1.41 bits per heavy atom. The molecule has 0 radical (unpaired) electrons. The molecule has 3 N–H and O–H groups in total. The lowest BCUT2D eigenvalue weighted by atomic mass is 10.2. The summed E-state index contributed by atoms with van der Waals surface area (Å²) in [4.78, 5) is 2.20. The van der Waals surface area contributed by atoms with E-state index in [4.69, 9.17) is 0 Å². The van der Waals surface area contributed by atoms with E-state index in [-0.39, 0.29) is 17.6 Å². The van der Waals surface area contributed by atoms with Crippen LogP contribution < -0.4 is 0 Å². The van der Waals surface area contributed by atoms with Crippen LogP contribution in [0, 0.1) is 0 Å². The van der Waals surface area contributed by atoms with Gasteiger partial charge in [-0.15, -0.1) is 23.5 Å². The van der Waals surface area contributed by atoms with E-state index in [0.717, 1.165) is 34.1 Å². The molecule has 0 atom stereocenters. The Kier molecular flexibility index (Phi) is 6.96. The van der Waals surface area contributed by atoms with Gasteiger partial charge in [0.1, 0.15) is 11.5 Å². The van der Waals surface area contributed by atoms with E-state index in [2.05, 4.69) is 0 Å². The van der Waals surface area contributed by atoms with E-state index < -0.39 is 0 Å². The first-order valence-corrected chi connectivity index (χ1v) is 9.12. The number of aliphatic hydroxyl groups excluding tert-OH is 1. The van der Waals surface area contributed by atoms with Gasteiger partial charge in [0.25, 0.3) is 0 Å². The molecular formula is C17H20O3S2. The first kappa shape index (κ1) is 17.1. The Morgan fingerprint density at radius 1 is 0.682 bits per heavy atom. The van der Waals surface area contributed by atoms with Crippen LogP contribution in [0.15, 0.2) is 58.3 Å². The van der Waals surface area contributed by atoms with Crippen LogP contribution in [0.1, 0.15) is 12.8 Å². The van der Waals surface area contributed by atoms with Gasteiger partial charge in [-0.2, -0.15) is 0 Å². The summed E-state index contributed by atoms with van der Waals surface area (Å²) in [5.74, 6) is 2.26. The number of thioether (sulfide) groups is 2. The minimum absolute atomic E-state index is 0.274. The predicted molar refractivity (Wildman–Crippen MR) is 92.9 cm³/mol. The summed E-state index contributed by atoms with van der Waals surface area (Å²) in [5.41, 5.74) is 0. The highest BCUT2D eigenvalue weighted by molar-refractivity contribution is 7.99. The number of rotatable bonds is 8. The predicted octanol–water partition coefficient (Wildman–Crippen LogP) is 4.12. The normalized spacial score (nSPS) is 11.0. The minimum atomic E-state index is -0.297. The van der Waals surface area contributed by atoms with Gasteiger partial charge in [0.2, 0.25) is 0 Å². The molecule has 0 aliphatic heterocycles. The fraction of sp³-hybridized carbons (Fsp3) is 0.294. The molecule has 118 valence electrons. The van der Waals surface area contributed by atoms with Crippen molar-refractivity contribution in [2.45, 2.75) is 28.7 Å². The summed E-state index contributed by atoms with van der Waals surface area (Å²) < 4.78 is 0. The molecule has 0 heterocycles. The SMILES string of the molecule is Oc1ccc(SCCC(O)CCSc2ccc(O)cc2)cc1. The zero-order valence-corrected chi connectivity index (χ0v) is 13.8. The second-order valence-corrected chi connectivity index (χ2v) is 7.25. The zero-order valence-electron chi connectivity index (χ0n) is 12.2. The van der Waals surface area contributed by atoms with Crippen LogP contribution in [0.4, 0.5) is 0 Å². The van der Waals surface area contributed by atoms with Crippen molar-refractivity contribution in [3.05, 3.63) is 48.5 Å². The Labute approximate surface area is 139 Å². The first-order chi connectivity index (χ1) is 10.6. The molecule has 0 aliphatic carbocycles. The molecule has 0 saturated carbocycles. The van der Waals surface area contributed by atoms with Crippen LogP contribution in [0.3, 0.4) is 0 Å². The molecule has 0 saturated heterocycles. The number of hydrogen-bond acceptors (Lipinski definition) is 5. The average Bonchev–Trinajstić information content (AvgIpc) is 2.51. The quantitative estimate of drug-likeness (QED) is 0.633. The number of benzene rings is 2. The molecule has 3 nitrogen and oxygen atoms in total. The average molecular weight is 336 g/mol. The first-order valence-electron chi connectivity index (χ1n) is 7.15. The van der Waals surface area contributed by atoms with Gasteiger partial charge in [0, 0.05) is 21.3 Å². The molecular weight excluding hydrogens is 316 g/mol. The van der Waals surface area contributed by atoms with Gasteiger partial charge in [-0.05, 0) is 61.4 Å². The summed E-state index contributed by atoms with van der Waals surface area (Å²) in [7, 11) is 0. The lowest BCUT2D eigenvalue weighted by molar-refractivity contribution is 0.169. The van der Waals surface area contributed by atoms with Crippen LogP contribution in [-0.2, 0) is 0 Å². The Bertz CT molecular complexity index is 504. The third kappa shape index (κ3) is 6.22. The fourth-order valence-electron chi connectivity index (χ4n) is 1.85. The summed E-state index contributed by atoms with van der Waals surface area (Å²) in [6, 6.07) is 14.2. The molecule has 2 aromatic rings. The Balaban J connectivity index is 1.60. The molecule has 0 aliphatic rings. The molecule has 0 amide bonds. The smallest absolute Gasteiger partial charge is 0.115 e. The number of phenolic OH excluding ortho intramolecular Hbond substituents is 2. The zero-order chi connectivity index (χ0) is 15.8. The molecule has 22 heavy (non-hydrogen) atoms. The van der Waals surface area contributed by atoms with Crippen molar-refractivity contribution >= 4 is 23.5 Å². The van der Waals surface area contributed by atoms with Crippen LogP contribution in [0.25, 0.3) is 0 Å². The van der Waals surface area contributed by atoms with Crippen molar-refractivity contribution < 1.29 is 15.3 Å². The highest BCUT2D eigenvalue weighted by atomic mass is 32.2. The van der Waals surface area contributed by atoms with Gasteiger partial charge in [0.15, 0.2) is 0 Å². The van der Waals surface area contributed by atoms with Gasteiger partial charge in [-0.25, -0.2) is 0 Å². The third-order valence-corrected chi connectivity index (χ3v) is 5.20. The number of hydrogen-bond donors (Lipinski definition) is 3. The summed E-state index contributed by atoms with van der Waals surface area (Å²) in [5, 5.41) is 28.4. The van der Waals surface area contributed by atoms with Crippen molar-refractivity contribution in [1.82, 2.24) is 0 Å². The van der Waals surface area contributed by atoms with E-state index in [9.17, 15) is 15.3 Å². The van der Waals surface area contributed by atoms with E-state index in [1.165, 1.54) is 0 Å². The summed E-state index contributed by atoms with van der Waals surface area (Å²) in [6.45, 7) is 0.